The van der Waals surface area contributed by atoms with Crippen molar-refractivity contribution in [3.8, 4) is 0 Å². The minimum Gasteiger partial charge on any atom is -0.356 e. The molecule has 8 nitrogen and oxygen atoms in total. The number of allylic oxidation sites excluding steroid dienone is 4. The van der Waals surface area contributed by atoms with E-state index in [0.29, 0.717) is 35.9 Å². The summed E-state index contributed by atoms with van der Waals surface area (Å²) >= 11 is 4.48. The fourth-order valence-corrected chi connectivity index (χ4v) is 6.04. The molecule has 2 aliphatic heterocycles. The highest BCUT2D eigenvalue weighted by atomic mass is 32.1. The maximum Gasteiger partial charge on any atom is 0.258 e. The smallest absolute Gasteiger partial charge is 0.258 e. The number of likely N-dealkylation sites (tertiary alicyclic amines) is 1. The van der Waals surface area contributed by atoms with E-state index in [1.165, 1.54) is 37.7 Å². The van der Waals surface area contributed by atoms with Gasteiger partial charge in [-0.15, -0.1) is 19.2 Å². The maximum atomic E-state index is 13.7. The van der Waals surface area contributed by atoms with Crippen LogP contribution in [-0.2, 0) is 11.3 Å². The number of benzene rings is 2. The van der Waals surface area contributed by atoms with Crippen LogP contribution in [0.3, 0.4) is 0 Å². The fraction of sp³-hybridized carbons (Fsp3) is 0.350. The van der Waals surface area contributed by atoms with Gasteiger partial charge in [-0.05, 0) is 131 Å². The van der Waals surface area contributed by atoms with Crippen molar-refractivity contribution in [1.82, 2.24) is 15.2 Å². The third-order valence-corrected chi connectivity index (χ3v) is 8.67. The van der Waals surface area contributed by atoms with E-state index in [2.05, 4.69) is 58.8 Å². The largest absolute Gasteiger partial charge is 0.356 e. The summed E-state index contributed by atoms with van der Waals surface area (Å²) < 4.78 is 0. The molecule has 0 bridgehead atoms. The lowest BCUT2D eigenvalue weighted by atomic mass is 9.99. The van der Waals surface area contributed by atoms with Crippen LogP contribution in [0.2, 0.25) is 0 Å². The lowest BCUT2D eigenvalue weighted by Crippen LogP contribution is -2.32. The number of nitrogens with zero attached hydrogens (tertiary/aromatic N) is 3. The van der Waals surface area contributed by atoms with Gasteiger partial charge in [0.05, 0.1) is 16.9 Å². The first-order chi connectivity index (χ1) is 23.7. The quantitative estimate of drug-likeness (QED) is 0.127. The van der Waals surface area contributed by atoms with Crippen molar-refractivity contribution in [2.75, 3.05) is 29.9 Å². The van der Waals surface area contributed by atoms with E-state index < -0.39 is 0 Å². The van der Waals surface area contributed by atoms with E-state index in [0.717, 1.165) is 53.3 Å². The van der Waals surface area contributed by atoms with Crippen molar-refractivity contribution in [3.05, 3.63) is 118 Å². The van der Waals surface area contributed by atoms with Gasteiger partial charge in [0, 0.05) is 42.1 Å². The summed E-state index contributed by atoms with van der Waals surface area (Å²) in [5.41, 5.74) is 6.88. The molecule has 49 heavy (non-hydrogen) atoms. The molecule has 3 aliphatic rings. The van der Waals surface area contributed by atoms with Crippen LogP contribution in [0.5, 0.6) is 0 Å². The topological polar surface area (TPSA) is 94.6 Å². The molecule has 2 fully saturated rings. The molecule has 0 radical (unpaired) electrons. The Kier molecular flexibility index (Phi) is 14.4. The zero-order chi connectivity index (χ0) is 35.2. The second kappa shape index (κ2) is 18.9. The van der Waals surface area contributed by atoms with E-state index in [4.69, 9.17) is 0 Å². The number of nitrogens with one attached hydrogen (secondary N) is 2. The van der Waals surface area contributed by atoms with Crippen LogP contribution in [0.1, 0.15) is 91.3 Å². The van der Waals surface area contributed by atoms with Crippen molar-refractivity contribution in [2.24, 2.45) is 0 Å². The molecule has 3 amide bonds. The summed E-state index contributed by atoms with van der Waals surface area (Å²) in [4.78, 5) is 46.1. The number of rotatable bonds is 8. The summed E-state index contributed by atoms with van der Waals surface area (Å²) in [5.74, 6) is -0.260. The van der Waals surface area contributed by atoms with Gasteiger partial charge in [0.2, 0.25) is 6.41 Å². The molecule has 1 aliphatic carbocycles. The number of thiol groups is 1. The average Bonchev–Trinajstić information content (AvgIpc) is 3.94. The molecule has 1 aromatic heterocycles. The number of carbonyl (C=O) groups is 3. The van der Waals surface area contributed by atoms with Gasteiger partial charge in [0.1, 0.15) is 0 Å². The number of hydrogen-bond acceptors (Lipinski definition) is 6. The van der Waals surface area contributed by atoms with Crippen LogP contribution >= 0.6 is 12.6 Å². The van der Waals surface area contributed by atoms with Crippen LogP contribution in [0.15, 0.2) is 96.1 Å². The number of amides is 3. The number of hydrogen-bond donors (Lipinski definition) is 3. The van der Waals surface area contributed by atoms with E-state index in [1.54, 1.807) is 42.6 Å². The molecule has 2 N–H and O–H groups in total. The monoisotopic (exact) mass is 679 g/mol. The Morgan fingerprint density at radius 1 is 1.00 bits per heavy atom. The normalized spacial score (nSPS) is 16.1. The molecule has 3 aromatic rings. The van der Waals surface area contributed by atoms with Gasteiger partial charge in [0.25, 0.3) is 11.8 Å². The highest BCUT2D eigenvalue weighted by Gasteiger charge is 2.25. The summed E-state index contributed by atoms with van der Waals surface area (Å²) in [6.07, 6.45) is 13.1. The van der Waals surface area contributed by atoms with Gasteiger partial charge in [-0.2, -0.15) is 0 Å². The van der Waals surface area contributed by atoms with Gasteiger partial charge in [-0.1, -0.05) is 30.7 Å². The van der Waals surface area contributed by atoms with Gasteiger partial charge in [-0.3, -0.25) is 24.3 Å². The first-order valence-electron chi connectivity index (χ1n) is 17.1. The Morgan fingerprint density at radius 2 is 1.69 bits per heavy atom. The first kappa shape index (κ1) is 37.4. The van der Waals surface area contributed by atoms with E-state index >= 15 is 0 Å². The highest BCUT2D eigenvalue weighted by Crippen LogP contribution is 2.35. The second-order valence-corrected chi connectivity index (χ2v) is 13.2. The Balaban J connectivity index is 0.000000527. The molecular weight excluding hydrogens is 631 g/mol. The molecule has 9 heteroatoms. The average molecular weight is 680 g/mol. The van der Waals surface area contributed by atoms with E-state index in [1.807, 2.05) is 43.0 Å². The molecule has 0 spiro atoms. The molecule has 3 heterocycles. The Hall–Kier alpha value is -4.47. The van der Waals surface area contributed by atoms with Crippen LogP contribution in [0, 0.1) is 0 Å². The zero-order valence-corrected chi connectivity index (χ0v) is 29.8. The summed E-state index contributed by atoms with van der Waals surface area (Å²) in [6.45, 7) is 12.6. The summed E-state index contributed by atoms with van der Waals surface area (Å²) in [5, 5.41) is 5.63. The van der Waals surface area contributed by atoms with Crippen molar-refractivity contribution in [3.63, 3.8) is 0 Å². The molecule has 0 unspecified atom stereocenters. The second-order valence-electron chi connectivity index (χ2n) is 12.5. The number of anilines is 2. The Bertz CT molecular complexity index is 1650. The van der Waals surface area contributed by atoms with Crippen LogP contribution in [0.4, 0.5) is 11.4 Å². The van der Waals surface area contributed by atoms with Gasteiger partial charge >= 0.3 is 0 Å². The third-order valence-electron chi connectivity index (χ3n) is 8.54. The van der Waals surface area contributed by atoms with Crippen LogP contribution in [-0.4, -0.2) is 53.8 Å². The number of piperidine rings is 1. The first-order valence-corrected chi connectivity index (χ1v) is 17.5. The van der Waals surface area contributed by atoms with Gasteiger partial charge < -0.3 is 15.5 Å². The predicted octanol–water partition coefficient (Wildman–Crippen LogP) is 8.06. The summed E-state index contributed by atoms with van der Waals surface area (Å²) in [6, 6.07) is 19.3. The standard InChI is InChI=1S/C33H36N4O2S.C4H7NO.C3H6/c1-23(40)21-26-16-20-37(31-11-5-4-9-28(31)24(26)2)33(39)25-12-14-27(15-13-25)35-32(38)29-10-8-17-34-30(29)22-36-18-6-3-7-19-36;6-3-5-4-1-2-4;1-3-2/h4-5,8-15,17,21,40H,3,6-7,16,18-20,22H2,1-2H3,(H,35,38);3-4H,1-2H2,(H,5,6);3H,1H2,2H3/b23-21-;;. The SMILES string of the molecule is C=CC.CC1=C(/C=C(/C)S)CCN(C(=O)c2ccc(NC(=O)c3cccnc3CN3CCCCC3)cc2)c2ccccc21.O=CNC1CC1. The zero-order valence-electron chi connectivity index (χ0n) is 29.0. The van der Waals surface area contributed by atoms with Gasteiger partial charge in [0.15, 0.2) is 0 Å². The summed E-state index contributed by atoms with van der Waals surface area (Å²) in [7, 11) is 0. The van der Waals surface area contributed by atoms with E-state index in [-0.39, 0.29) is 11.8 Å². The predicted molar refractivity (Wildman–Crippen MR) is 204 cm³/mol. The third kappa shape index (κ3) is 11.0. The number of pyridine rings is 1. The molecule has 6 rings (SSSR count). The molecule has 0 atom stereocenters. The van der Waals surface area contributed by atoms with Crippen molar-refractivity contribution in [2.45, 2.75) is 71.9 Å². The minimum absolute atomic E-state index is 0.0676. The lowest BCUT2D eigenvalue weighted by Gasteiger charge is -2.26. The van der Waals surface area contributed by atoms with Crippen molar-refractivity contribution < 1.29 is 14.4 Å². The molecular formula is C40H49N5O3S. The van der Waals surface area contributed by atoms with Crippen LogP contribution in [0.25, 0.3) is 5.57 Å². The van der Waals surface area contributed by atoms with Crippen molar-refractivity contribution >= 4 is 47.8 Å². The number of para-hydroxylation sites is 1. The van der Waals surface area contributed by atoms with Crippen molar-refractivity contribution in [1.29, 1.82) is 0 Å². The Morgan fingerprint density at radius 3 is 2.33 bits per heavy atom. The molecule has 1 saturated carbocycles. The minimum atomic E-state index is -0.192. The number of carbonyl (C=O) groups excluding carboxylic acids is 3. The molecule has 258 valence electrons. The maximum absolute atomic E-state index is 13.7. The lowest BCUT2D eigenvalue weighted by molar-refractivity contribution is -0.109. The van der Waals surface area contributed by atoms with Crippen LogP contribution < -0.4 is 15.5 Å². The number of aromatic nitrogens is 1. The Labute approximate surface area is 296 Å². The highest BCUT2D eigenvalue weighted by molar-refractivity contribution is 7.84. The molecule has 1 saturated heterocycles. The number of fused-ring (bicyclic) bond motifs is 1. The van der Waals surface area contributed by atoms with E-state index in [9.17, 15) is 14.4 Å². The van der Waals surface area contributed by atoms with Gasteiger partial charge in [-0.25, -0.2) is 0 Å². The molecule has 2 aromatic carbocycles. The fourth-order valence-electron chi connectivity index (χ4n) is 5.88.